The molecule has 0 radical (unpaired) electrons. The van der Waals surface area contributed by atoms with Crippen molar-refractivity contribution >= 4 is 0 Å². The summed E-state index contributed by atoms with van der Waals surface area (Å²) in [7, 11) is 0. The van der Waals surface area contributed by atoms with Crippen molar-refractivity contribution < 1.29 is 5.11 Å². The summed E-state index contributed by atoms with van der Waals surface area (Å²) >= 11 is 0. The monoisotopic (exact) mass is 250 g/mol. The molecule has 0 bridgehead atoms. The van der Waals surface area contributed by atoms with E-state index in [9.17, 15) is 5.11 Å². The quantitative estimate of drug-likeness (QED) is 0.676. The molecule has 1 aliphatic carbocycles. The van der Waals surface area contributed by atoms with Crippen LogP contribution in [0.1, 0.15) is 60.3 Å². The van der Waals surface area contributed by atoms with Gasteiger partial charge in [-0.1, -0.05) is 51.5 Å². The molecule has 0 amide bonds. The van der Waals surface area contributed by atoms with Gasteiger partial charge in [0.15, 0.2) is 0 Å². The molecule has 0 aromatic heterocycles. The van der Waals surface area contributed by atoms with E-state index >= 15 is 0 Å². The Kier molecular flexibility index (Phi) is 5.65. The van der Waals surface area contributed by atoms with Gasteiger partial charge in [-0.2, -0.15) is 0 Å². The third-order valence-electron chi connectivity index (χ3n) is 5.02. The number of rotatable bonds is 6. The molecule has 18 heavy (non-hydrogen) atoms. The standard InChI is InChI=1S/C17H30O/c1-6-15-11-12-16(17(15,7-2)8-3)10-9-13(4)14(5)18/h9-11,13-14,16,18H,6-8,12H2,1-5H3. The third kappa shape index (κ3) is 2.88. The highest BCUT2D eigenvalue weighted by Gasteiger charge is 2.39. The Bertz CT molecular complexity index is 308. The number of hydrogen-bond donors (Lipinski definition) is 1. The van der Waals surface area contributed by atoms with Crippen LogP contribution in [0.15, 0.2) is 23.8 Å². The summed E-state index contributed by atoms with van der Waals surface area (Å²) in [5.41, 5.74) is 2.02. The van der Waals surface area contributed by atoms with E-state index < -0.39 is 0 Å². The predicted molar refractivity (Wildman–Crippen MR) is 79.5 cm³/mol. The average Bonchev–Trinajstić information content (AvgIpc) is 2.73. The maximum atomic E-state index is 9.57. The molecule has 1 N–H and O–H groups in total. The molecule has 1 heteroatoms. The maximum Gasteiger partial charge on any atom is 0.0572 e. The molecule has 3 atom stereocenters. The fraction of sp³-hybridized carbons (Fsp3) is 0.765. The van der Waals surface area contributed by atoms with Gasteiger partial charge in [0, 0.05) is 0 Å². The fourth-order valence-corrected chi connectivity index (χ4v) is 3.39. The van der Waals surface area contributed by atoms with Crippen molar-refractivity contribution in [2.24, 2.45) is 17.3 Å². The lowest BCUT2D eigenvalue weighted by atomic mass is 9.68. The number of aliphatic hydroxyl groups is 1. The zero-order valence-corrected chi connectivity index (χ0v) is 12.7. The smallest absolute Gasteiger partial charge is 0.0572 e. The molecule has 0 saturated heterocycles. The van der Waals surface area contributed by atoms with E-state index in [0.717, 1.165) is 0 Å². The van der Waals surface area contributed by atoms with Crippen LogP contribution in [0.3, 0.4) is 0 Å². The van der Waals surface area contributed by atoms with E-state index in [1.54, 1.807) is 5.57 Å². The van der Waals surface area contributed by atoms with Gasteiger partial charge in [0.2, 0.25) is 0 Å². The summed E-state index contributed by atoms with van der Waals surface area (Å²) < 4.78 is 0. The molecule has 0 heterocycles. The molecule has 0 spiro atoms. The molecular weight excluding hydrogens is 220 g/mol. The molecule has 0 aromatic rings. The Morgan fingerprint density at radius 2 is 1.94 bits per heavy atom. The first-order chi connectivity index (χ1) is 8.51. The minimum atomic E-state index is -0.251. The van der Waals surface area contributed by atoms with Gasteiger partial charge in [-0.25, -0.2) is 0 Å². The van der Waals surface area contributed by atoms with Crippen LogP contribution >= 0.6 is 0 Å². The SMILES string of the molecule is CCC1=CCC(C=CC(C)C(C)O)C1(CC)CC. The molecule has 1 nitrogen and oxygen atoms in total. The highest BCUT2D eigenvalue weighted by Crippen LogP contribution is 2.51. The molecule has 0 saturated carbocycles. The normalized spacial score (nSPS) is 26.3. The Morgan fingerprint density at radius 3 is 2.39 bits per heavy atom. The summed E-state index contributed by atoms with van der Waals surface area (Å²) in [5, 5.41) is 9.57. The first-order valence-corrected chi connectivity index (χ1v) is 7.57. The third-order valence-corrected chi connectivity index (χ3v) is 5.02. The highest BCUT2D eigenvalue weighted by molar-refractivity contribution is 5.25. The van der Waals surface area contributed by atoms with E-state index in [-0.39, 0.29) is 12.0 Å². The van der Waals surface area contributed by atoms with E-state index in [1.165, 1.54) is 25.7 Å². The van der Waals surface area contributed by atoms with Crippen LogP contribution in [0.5, 0.6) is 0 Å². The van der Waals surface area contributed by atoms with Gasteiger partial charge < -0.3 is 5.11 Å². The largest absolute Gasteiger partial charge is 0.393 e. The van der Waals surface area contributed by atoms with Crippen molar-refractivity contribution in [2.45, 2.75) is 66.4 Å². The molecule has 1 rings (SSSR count). The van der Waals surface area contributed by atoms with Crippen LogP contribution in [-0.4, -0.2) is 11.2 Å². The van der Waals surface area contributed by atoms with Crippen molar-refractivity contribution in [3.8, 4) is 0 Å². The van der Waals surface area contributed by atoms with Crippen LogP contribution in [0.25, 0.3) is 0 Å². The molecule has 3 unspecified atom stereocenters. The van der Waals surface area contributed by atoms with Gasteiger partial charge in [0.1, 0.15) is 0 Å². The fourth-order valence-electron chi connectivity index (χ4n) is 3.39. The minimum Gasteiger partial charge on any atom is -0.393 e. The second-order valence-corrected chi connectivity index (χ2v) is 5.77. The first kappa shape index (κ1) is 15.5. The molecule has 104 valence electrons. The second kappa shape index (κ2) is 6.56. The number of aliphatic hydroxyl groups excluding tert-OH is 1. The van der Waals surface area contributed by atoms with Crippen molar-refractivity contribution in [1.29, 1.82) is 0 Å². The minimum absolute atomic E-state index is 0.251. The molecule has 0 aromatic carbocycles. The highest BCUT2D eigenvalue weighted by atomic mass is 16.3. The van der Waals surface area contributed by atoms with Gasteiger partial charge in [0.25, 0.3) is 0 Å². The van der Waals surface area contributed by atoms with Gasteiger partial charge >= 0.3 is 0 Å². The first-order valence-electron chi connectivity index (χ1n) is 7.57. The Morgan fingerprint density at radius 1 is 1.33 bits per heavy atom. The molecule has 0 fully saturated rings. The lowest BCUT2D eigenvalue weighted by Crippen LogP contribution is -2.26. The van der Waals surface area contributed by atoms with Gasteiger partial charge in [0.05, 0.1) is 6.10 Å². The van der Waals surface area contributed by atoms with Crippen LogP contribution in [0.4, 0.5) is 0 Å². The van der Waals surface area contributed by atoms with E-state index in [0.29, 0.717) is 11.3 Å². The van der Waals surface area contributed by atoms with Crippen LogP contribution in [-0.2, 0) is 0 Å². The van der Waals surface area contributed by atoms with Crippen molar-refractivity contribution in [3.63, 3.8) is 0 Å². The average molecular weight is 250 g/mol. The van der Waals surface area contributed by atoms with E-state index in [4.69, 9.17) is 0 Å². The Labute approximate surface area is 113 Å². The zero-order chi connectivity index (χ0) is 13.8. The Balaban J connectivity index is 2.85. The summed E-state index contributed by atoms with van der Waals surface area (Å²) in [6.07, 6.45) is 11.6. The summed E-state index contributed by atoms with van der Waals surface area (Å²) in [5.74, 6) is 0.880. The van der Waals surface area contributed by atoms with Gasteiger partial charge in [-0.05, 0) is 49.9 Å². The maximum absolute atomic E-state index is 9.57. The summed E-state index contributed by atoms with van der Waals surface area (Å²) in [6.45, 7) is 10.9. The predicted octanol–water partition coefficient (Wildman–Crippen LogP) is 4.72. The van der Waals surface area contributed by atoms with Crippen molar-refractivity contribution in [3.05, 3.63) is 23.8 Å². The summed E-state index contributed by atoms with van der Waals surface area (Å²) in [4.78, 5) is 0. The zero-order valence-electron chi connectivity index (χ0n) is 12.7. The second-order valence-electron chi connectivity index (χ2n) is 5.77. The lowest BCUT2D eigenvalue weighted by molar-refractivity contribution is 0.156. The van der Waals surface area contributed by atoms with Crippen LogP contribution in [0.2, 0.25) is 0 Å². The van der Waals surface area contributed by atoms with E-state index in [2.05, 4.69) is 45.9 Å². The molecular formula is C17H30O. The number of hydrogen-bond acceptors (Lipinski definition) is 1. The van der Waals surface area contributed by atoms with Gasteiger partial charge in [-0.3, -0.25) is 0 Å². The topological polar surface area (TPSA) is 20.2 Å². The number of allylic oxidation sites excluding steroid dienone is 3. The van der Waals surface area contributed by atoms with Crippen LogP contribution < -0.4 is 0 Å². The molecule has 0 aliphatic heterocycles. The van der Waals surface area contributed by atoms with E-state index in [1.807, 2.05) is 6.92 Å². The van der Waals surface area contributed by atoms with Crippen molar-refractivity contribution in [1.82, 2.24) is 0 Å². The van der Waals surface area contributed by atoms with Crippen LogP contribution in [0, 0.1) is 17.3 Å². The van der Waals surface area contributed by atoms with Gasteiger partial charge in [-0.15, -0.1) is 0 Å². The Hall–Kier alpha value is -0.560. The lowest BCUT2D eigenvalue weighted by Gasteiger charge is -2.36. The van der Waals surface area contributed by atoms with Crippen molar-refractivity contribution in [2.75, 3.05) is 0 Å². The summed E-state index contributed by atoms with van der Waals surface area (Å²) in [6, 6.07) is 0. The molecule has 1 aliphatic rings.